The maximum atomic E-state index is 12.4. The van der Waals surface area contributed by atoms with E-state index in [0.29, 0.717) is 12.2 Å². The number of aryl methyl sites for hydroxylation is 2. The Morgan fingerprint density at radius 3 is 2.38 bits per heavy atom. The van der Waals surface area contributed by atoms with Crippen LogP contribution in [-0.2, 0) is 21.4 Å². The van der Waals surface area contributed by atoms with Crippen molar-refractivity contribution in [2.45, 2.75) is 20.4 Å². The summed E-state index contributed by atoms with van der Waals surface area (Å²) in [5, 5.41) is 2.79. The van der Waals surface area contributed by atoms with Crippen LogP contribution in [0.15, 0.2) is 60.9 Å². The number of hydrogen-bond donors (Lipinski definition) is 1. The molecule has 152 valence electrons. The van der Waals surface area contributed by atoms with Crippen LogP contribution in [-0.4, -0.2) is 36.7 Å². The Bertz CT molecular complexity index is 1100. The Morgan fingerprint density at radius 2 is 1.79 bits per heavy atom. The predicted octanol–water partition coefficient (Wildman–Crippen LogP) is 2.57. The fourth-order valence-electron chi connectivity index (χ4n) is 3.04. The summed E-state index contributed by atoms with van der Waals surface area (Å²) in [7, 11) is -3.59. The first-order valence-corrected chi connectivity index (χ1v) is 11.0. The Hall–Kier alpha value is -3.13. The van der Waals surface area contributed by atoms with E-state index in [0.717, 1.165) is 33.2 Å². The molecule has 1 heterocycles. The SMILES string of the molecule is Cc1ccccc1N(CC(=O)NCc1ccc(-n2ccnc2C)cc1)S(C)(=O)=O. The monoisotopic (exact) mass is 412 g/mol. The summed E-state index contributed by atoms with van der Waals surface area (Å²) in [5.41, 5.74) is 3.20. The predicted molar refractivity (Wildman–Crippen MR) is 114 cm³/mol. The second-order valence-electron chi connectivity index (χ2n) is 6.84. The lowest BCUT2D eigenvalue weighted by Gasteiger charge is -2.23. The lowest BCUT2D eigenvalue weighted by Crippen LogP contribution is -2.40. The number of sulfonamides is 1. The number of aromatic nitrogens is 2. The minimum absolute atomic E-state index is 0.268. The van der Waals surface area contributed by atoms with Gasteiger partial charge in [0.2, 0.25) is 15.9 Å². The summed E-state index contributed by atoms with van der Waals surface area (Å²) in [6.45, 7) is 3.79. The van der Waals surface area contributed by atoms with Crippen molar-refractivity contribution in [3.8, 4) is 5.69 Å². The molecule has 0 bridgehead atoms. The number of nitrogens with zero attached hydrogens (tertiary/aromatic N) is 3. The van der Waals surface area contributed by atoms with Crippen LogP contribution < -0.4 is 9.62 Å². The second-order valence-corrected chi connectivity index (χ2v) is 8.75. The number of amides is 1. The molecule has 0 saturated carbocycles. The third kappa shape index (κ3) is 5.03. The van der Waals surface area contributed by atoms with E-state index < -0.39 is 10.0 Å². The van der Waals surface area contributed by atoms with E-state index in [4.69, 9.17) is 0 Å². The highest BCUT2D eigenvalue weighted by Crippen LogP contribution is 2.21. The minimum atomic E-state index is -3.59. The Balaban J connectivity index is 1.65. The molecule has 1 N–H and O–H groups in total. The molecule has 0 spiro atoms. The van der Waals surface area contributed by atoms with Crippen LogP contribution >= 0.6 is 0 Å². The highest BCUT2D eigenvalue weighted by atomic mass is 32.2. The van der Waals surface area contributed by atoms with Crippen molar-refractivity contribution in [2.24, 2.45) is 0 Å². The molecule has 0 unspecified atom stereocenters. The van der Waals surface area contributed by atoms with E-state index in [9.17, 15) is 13.2 Å². The van der Waals surface area contributed by atoms with Crippen LogP contribution in [0.5, 0.6) is 0 Å². The molecule has 1 aromatic heterocycles. The zero-order chi connectivity index (χ0) is 21.0. The molecule has 29 heavy (non-hydrogen) atoms. The fraction of sp³-hybridized carbons (Fsp3) is 0.238. The van der Waals surface area contributed by atoms with Crippen molar-refractivity contribution in [1.82, 2.24) is 14.9 Å². The van der Waals surface area contributed by atoms with E-state index in [2.05, 4.69) is 10.3 Å². The minimum Gasteiger partial charge on any atom is -0.350 e. The fourth-order valence-corrected chi connectivity index (χ4v) is 3.95. The molecule has 2 aromatic carbocycles. The summed E-state index contributed by atoms with van der Waals surface area (Å²) < 4.78 is 27.5. The largest absolute Gasteiger partial charge is 0.350 e. The number of imidazole rings is 1. The third-order valence-corrected chi connectivity index (χ3v) is 5.73. The van der Waals surface area contributed by atoms with Crippen molar-refractivity contribution in [1.29, 1.82) is 0 Å². The molecule has 0 saturated heterocycles. The van der Waals surface area contributed by atoms with Gasteiger partial charge >= 0.3 is 0 Å². The number of hydrogen-bond acceptors (Lipinski definition) is 4. The number of benzene rings is 2. The van der Waals surface area contributed by atoms with Gasteiger partial charge < -0.3 is 9.88 Å². The van der Waals surface area contributed by atoms with Crippen LogP contribution in [0.2, 0.25) is 0 Å². The average molecular weight is 413 g/mol. The van der Waals surface area contributed by atoms with Gasteiger partial charge in [0.25, 0.3) is 0 Å². The number of carbonyl (C=O) groups is 1. The van der Waals surface area contributed by atoms with Gasteiger partial charge in [0.1, 0.15) is 12.4 Å². The van der Waals surface area contributed by atoms with Gasteiger partial charge in [0.15, 0.2) is 0 Å². The van der Waals surface area contributed by atoms with Gasteiger partial charge in [0.05, 0.1) is 11.9 Å². The van der Waals surface area contributed by atoms with Crippen molar-refractivity contribution in [3.63, 3.8) is 0 Å². The molecular formula is C21H24N4O3S. The Labute approximate surface area is 171 Å². The lowest BCUT2D eigenvalue weighted by atomic mass is 10.2. The maximum Gasteiger partial charge on any atom is 0.241 e. The van der Waals surface area contributed by atoms with Gasteiger partial charge in [-0.15, -0.1) is 0 Å². The zero-order valence-corrected chi connectivity index (χ0v) is 17.5. The molecule has 0 aliphatic rings. The van der Waals surface area contributed by atoms with E-state index in [-0.39, 0.29) is 12.5 Å². The van der Waals surface area contributed by atoms with E-state index in [1.165, 1.54) is 0 Å². The van der Waals surface area contributed by atoms with Crippen molar-refractivity contribution in [3.05, 3.63) is 77.9 Å². The molecule has 0 fully saturated rings. The first-order chi connectivity index (χ1) is 13.8. The normalized spacial score (nSPS) is 11.3. The Morgan fingerprint density at radius 1 is 1.10 bits per heavy atom. The van der Waals surface area contributed by atoms with Crippen LogP contribution in [0.1, 0.15) is 17.0 Å². The summed E-state index contributed by atoms with van der Waals surface area (Å²) >= 11 is 0. The molecule has 0 atom stereocenters. The molecule has 0 aliphatic carbocycles. The second kappa shape index (κ2) is 8.48. The van der Waals surface area contributed by atoms with Crippen LogP contribution in [0.25, 0.3) is 5.69 Å². The van der Waals surface area contributed by atoms with E-state index in [1.54, 1.807) is 18.3 Å². The summed E-state index contributed by atoms with van der Waals surface area (Å²) in [6.07, 6.45) is 4.73. The first kappa shape index (κ1) is 20.6. The van der Waals surface area contributed by atoms with Gasteiger partial charge in [-0.25, -0.2) is 13.4 Å². The summed E-state index contributed by atoms with van der Waals surface area (Å²) in [4.78, 5) is 16.6. The van der Waals surface area contributed by atoms with Crippen LogP contribution in [0, 0.1) is 13.8 Å². The van der Waals surface area contributed by atoms with Gasteiger partial charge in [-0.3, -0.25) is 9.10 Å². The number of carbonyl (C=O) groups excluding carboxylic acids is 1. The zero-order valence-electron chi connectivity index (χ0n) is 16.7. The topological polar surface area (TPSA) is 84.3 Å². The number of nitrogens with one attached hydrogen (secondary N) is 1. The van der Waals surface area contributed by atoms with Crippen molar-refractivity contribution >= 4 is 21.6 Å². The number of anilines is 1. The third-order valence-electron chi connectivity index (χ3n) is 4.60. The molecular weight excluding hydrogens is 388 g/mol. The Kier molecular flexibility index (Phi) is 6.03. The molecule has 8 heteroatoms. The lowest BCUT2D eigenvalue weighted by molar-refractivity contribution is -0.119. The van der Waals surface area contributed by atoms with Gasteiger partial charge in [-0.1, -0.05) is 30.3 Å². The van der Waals surface area contributed by atoms with Crippen LogP contribution in [0.4, 0.5) is 5.69 Å². The number of para-hydroxylation sites is 1. The van der Waals surface area contributed by atoms with E-state index >= 15 is 0 Å². The smallest absolute Gasteiger partial charge is 0.241 e. The first-order valence-electron chi connectivity index (χ1n) is 9.15. The quantitative estimate of drug-likeness (QED) is 0.646. The summed E-state index contributed by atoms with van der Waals surface area (Å²) in [5.74, 6) is 0.524. The molecule has 7 nitrogen and oxygen atoms in total. The standard InChI is InChI=1S/C21H24N4O3S/c1-16-6-4-5-7-20(16)25(29(3,27)28)15-21(26)23-14-18-8-10-19(11-9-18)24-13-12-22-17(24)2/h4-13H,14-15H2,1-3H3,(H,23,26). The van der Waals surface area contributed by atoms with Crippen molar-refractivity contribution in [2.75, 3.05) is 17.1 Å². The molecule has 3 aromatic rings. The molecule has 0 radical (unpaired) electrons. The molecule has 3 rings (SSSR count). The van der Waals surface area contributed by atoms with E-state index in [1.807, 2.05) is 61.0 Å². The summed E-state index contributed by atoms with van der Waals surface area (Å²) in [6, 6.07) is 14.8. The molecule has 1 amide bonds. The average Bonchev–Trinajstić information content (AvgIpc) is 3.11. The molecule has 0 aliphatic heterocycles. The highest BCUT2D eigenvalue weighted by molar-refractivity contribution is 7.92. The highest BCUT2D eigenvalue weighted by Gasteiger charge is 2.21. The van der Waals surface area contributed by atoms with Crippen molar-refractivity contribution < 1.29 is 13.2 Å². The maximum absolute atomic E-state index is 12.4. The van der Waals surface area contributed by atoms with Gasteiger partial charge in [-0.2, -0.15) is 0 Å². The van der Waals surface area contributed by atoms with Crippen LogP contribution in [0.3, 0.4) is 0 Å². The number of rotatable bonds is 7. The van der Waals surface area contributed by atoms with Gasteiger partial charge in [-0.05, 0) is 43.2 Å². The van der Waals surface area contributed by atoms with Gasteiger partial charge in [0, 0.05) is 24.6 Å².